The number of carbonyl (C=O) groups is 3. The van der Waals surface area contributed by atoms with Crippen LogP contribution in [0.1, 0.15) is 39.9 Å². The smallest absolute Gasteiger partial charge is 0.241 e. The van der Waals surface area contributed by atoms with Gasteiger partial charge in [0.1, 0.15) is 5.92 Å². The van der Waals surface area contributed by atoms with E-state index >= 15 is 0 Å². The minimum absolute atomic E-state index is 0.179. The highest BCUT2D eigenvalue weighted by Gasteiger charge is 2.68. The van der Waals surface area contributed by atoms with Gasteiger partial charge < -0.3 is 5.73 Å². The fourth-order valence-corrected chi connectivity index (χ4v) is 5.19. The molecule has 5 rings (SSSR count). The number of anilines is 1. The topological polar surface area (TPSA) is 80.5 Å². The summed E-state index contributed by atoms with van der Waals surface area (Å²) in [5.41, 5.74) is 8.91. The van der Waals surface area contributed by atoms with Gasteiger partial charge in [0.25, 0.3) is 0 Å². The number of hydrogen-bond donors (Lipinski definition) is 1. The number of imide groups is 1. The first-order valence-electron chi connectivity index (χ1n) is 9.41. The standard InChI is InChI=1S/C22H20N2O3/c23-15-8-6-13(7-9-15)10-12-24-20(26)18-19(25)16-5-1-3-14-4-2-11-22(18,17(14)16)21(24)27/h1,3,5-9,18H,2,4,10-12,23H2. The number of ketones is 1. The molecule has 2 aromatic carbocycles. The lowest BCUT2D eigenvalue weighted by atomic mass is 9.67. The highest BCUT2D eigenvalue weighted by Crippen LogP contribution is 2.55. The summed E-state index contributed by atoms with van der Waals surface area (Å²) in [4.78, 5) is 40.9. The van der Waals surface area contributed by atoms with Crippen LogP contribution in [-0.2, 0) is 27.8 Å². The van der Waals surface area contributed by atoms with Crippen molar-refractivity contribution in [2.24, 2.45) is 5.92 Å². The van der Waals surface area contributed by atoms with Gasteiger partial charge in [-0.05, 0) is 54.5 Å². The Kier molecular flexibility index (Phi) is 3.32. The SMILES string of the molecule is Nc1ccc(CCN2C(=O)C3C(=O)c4cccc5c4C3(CCC5)C2=O)cc1. The summed E-state index contributed by atoms with van der Waals surface area (Å²) in [5, 5.41) is 0. The summed E-state index contributed by atoms with van der Waals surface area (Å²) in [6.07, 6.45) is 2.82. The van der Waals surface area contributed by atoms with Crippen LogP contribution < -0.4 is 5.73 Å². The minimum Gasteiger partial charge on any atom is -0.399 e. The van der Waals surface area contributed by atoms with Crippen LogP contribution in [-0.4, -0.2) is 29.0 Å². The number of benzene rings is 2. The number of nitrogen functional groups attached to an aromatic ring is 1. The van der Waals surface area contributed by atoms with Crippen molar-refractivity contribution >= 4 is 23.3 Å². The van der Waals surface area contributed by atoms with E-state index in [1.165, 1.54) is 4.90 Å². The summed E-state index contributed by atoms with van der Waals surface area (Å²) in [6, 6.07) is 13.0. The number of nitrogens with zero attached hydrogens (tertiary/aromatic N) is 1. The van der Waals surface area contributed by atoms with Crippen molar-refractivity contribution < 1.29 is 14.4 Å². The van der Waals surface area contributed by atoms with Gasteiger partial charge >= 0.3 is 0 Å². The maximum atomic E-state index is 13.5. The molecule has 27 heavy (non-hydrogen) atoms. The molecule has 1 aliphatic heterocycles. The molecule has 2 aromatic rings. The zero-order valence-corrected chi connectivity index (χ0v) is 14.9. The molecule has 2 amide bonds. The first-order valence-corrected chi connectivity index (χ1v) is 9.41. The average Bonchev–Trinajstić information content (AvgIpc) is 3.05. The number of nitrogens with two attached hydrogens (primary N) is 1. The van der Waals surface area contributed by atoms with Crippen molar-refractivity contribution in [1.29, 1.82) is 0 Å². The number of aryl methyl sites for hydroxylation is 1. The second-order valence-electron chi connectivity index (χ2n) is 7.75. The summed E-state index contributed by atoms with van der Waals surface area (Å²) < 4.78 is 0. The van der Waals surface area contributed by atoms with Gasteiger partial charge in [-0.1, -0.05) is 30.3 Å². The normalized spacial score (nSPS) is 25.7. The Balaban J connectivity index is 1.52. The molecule has 5 nitrogen and oxygen atoms in total. The minimum atomic E-state index is -0.959. The molecule has 5 heteroatoms. The molecule has 0 aromatic heterocycles. The highest BCUT2D eigenvalue weighted by atomic mass is 16.2. The lowest BCUT2D eigenvalue weighted by Crippen LogP contribution is -2.42. The van der Waals surface area contributed by atoms with E-state index in [1.54, 1.807) is 6.07 Å². The fourth-order valence-electron chi connectivity index (χ4n) is 5.19. The summed E-state index contributed by atoms with van der Waals surface area (Å²) in [6.45, 7) is 0.296. The van der Waals surface area contributed by atoms with E-state index in [2.05, 4.69) is 0 Å². The maximum Gasteiger partial charge on any atom is 0.241 e. The third kappa shape index (κ3) is 2.02. The van der Waals surface area contributed by atoms with Gasteiger partial charge in [0, 0.05) is 17.8 Å². The molecule has 2 N–H and O–H groups in total. The van der Waals surface area contributed by atoms with Crippen LogP contribution in [0.4, 0.5) is 5.69 Å². The van der Waals surface area contributed by atoms with E-state index in [0.717, 1.165) is 29.5 Å². The van der Waals surface area contributed by atoms with Gasteiger partial charge in [0.15, 0.2) is 5.78 Å². The van der Waals surface area contributed by atoms with Crippen molar-refractivity contribution in [2.75, 3.05) is 12.3 Å². The van der Waals surface area contributed by atoms with Gasteiger partial charge in [-0.25, -0.2) is 0 Å². The van der Waals surface area contributed by atoms with Crippen LogP contribution in [0.3, 0.4) is 0 Å². The van der Waals surface area contributed by atoms with Crippen molar-refractivity contribution in [3.05, 3.63) is 64.7 Å². The first-order chi connectivity index (χ1) is 13.0. The third-order valence-electron chi connectivity index (χ3n) is 6.38. The second-order valence-corrected chi connectivity index (χ2v) is 7.75. The first kappa shape index (κ1) is 16.2. The molecule has 2 atom stereocenters. The largest absolute Gasteiger partial charge is 0.399 e. The maximum absolute atomic E-state index is 13.5. The second kappa shape index (κ2) is 5.52. The van der Waals surface area contributed by atoms with Crippen molar-refractivity contribution in [1.82, 2.24) is 4.90 Å². The zero-order chi connectivity index (χ0) is 18.8. The highest BCUT2D eigenvalue weighted by molar-refractivity contribution is 6.27. The fraction of sp³-hybridized carbons (Fsp3) is 0.318. The Morgan fingerprint density at radius 3 is 2.63 bits per heavy atom. The Bertz CT molecular complexity index is 995. The summed E-state index contributed by atoms with van der Waals surface area (Å²) >= 11 is 0. The molecule has 1 fully saturated rings. The molecular formula is C22H20N2O3. The average molecular weight is 360 g/mol. The van der Waals surface area contributed by atoms with Crippen LogP contribution in [0.2, 0.25) is 0 Å². The molecule has 0 saturated carbocycles. The quantitative estimate of drug-likeness (QED) is 0.517. The number of hydrogen-bond acceptors (Lipinski definition) is 4. The van der Waals surface area contributed by atoms with Crippen LogP contribution in [0, 0.1) is 5.92 Å². The third-order valence-corrected chi connectivity index (χ3v) is 6.38. The molecule has 3 aliphatic rings. The predicted octanol–water partition coefficient (Wildman–Crippen LogP) is 2.27. The van der Waals surface area contributed by atoms with Gasteiger partial charge in [0.2, 0.25) is 11.8 Å². The number of Topliss-reactive ketones (excluding diaryl/α,β-unsaturated/α-hetero) is 1. The van der Waals surface area contributed by atoms with E-state index in [-0.39, 0.29) is 17.6 Å². The zero-order valence-electron chi connectivity index (χ0n) is 14.9. The van der Waals surface area contributed by atoms with Gasteiger partial charge in [-0.3, -0.25) is 19.3 Å². The van der Waals surface area contributed by atoms with E-state index < -0.39 is 11.3 Å². The van der Waals surface area contributed by atoms with Gasteiger partial charge in [0.05, 0.1) is 5.41 Å². The van der Waals surface area contributed by atoms with E-state index in [9.17, 15) is 14.4 Å². The lowest BCUT2D eigenvalue weighted by molar-refractivity contribution is -0.140. The molecule has 1 heterocycles. The predicted molar refractivity (Wildman–Crippen MR) is 100 cm³/mol. The monoisotopic (exact) mass is 360 g/mol. The van der Waals surface area contributed by atoms with E-state index in [4.69, 9.17) is 5.73 Å². The molecule has 1 spiro atoms. The Labute approximate surface area is 157 Å². The van der Waals surface area contributed by atoms with Crippen molar-refractivity contribution in [2.45, 2.75) is 31.1 Å². The van der Waals surface area contributed by atoms with Crippen LogP contribution in [0.25, 0.3) is 0 Å². The van der Waals surface area contributed by atoms with Crippen molar-refractivity contribution in [3.8, 4) is 0 Å². The Morgan fingerprint density at radius 2 is 1.85 bits per heavy atom. The van der Waals surface area contributed by atoms with Gasteiger partial charge in [-0.15, -0.1) is 0 Å². The van der Waals surface area contributed by atoms with Gasteiger partial charge in [-0.2, -0.15) is 0 Å². The van der Waals surface area contributed by atoms with Crippen LogP contribution >= 0.6 is 0 Å². The molecule has 2 aliphatic carbocycles. The number of carbonyl (C=O) groups excluding carboxylic acids is 3. The number of amides is 2. The van der Waals surface area contributed by atoms with Crippen LogP contribution in [0.15, 0.2) is 42.5 Å². The Hall–Kier alpha value is -2.95. The van der Waals surface area contributed by atoms with E-state index in [1.807, 2.05) is 36.4 Å². The molecule has 136 valence electrons. The van der Waals surface area contributed by atoms with Crippen LogP contribution in [0.5, 0.6) is 0 Å². The molecular weight excluding hydrogens is 340 g/mol. The number of rotatable bonds is 3. The summed E-state index contributed by atoms with van der Waals surface area (Å²) in [5.74, 6) is -1.56. The van der Waals surface area contributed by atoms with Crippen molar-refractivity contribution in [3.63, 3.8) is 0 Å². The molecule has 1 saturated heterocycles. The number of likely N-dealkylation sites (tertiary alicyclic amines) is 1. The molecule has 2 unspecified atom stereocenters. The summed E-state index contributed by atoms with van der Waals surface area (Å²) in [7, 11) is 0. The van der Waals surface area contributed by atoms with E-state index in [0.29, 0.717) is 30.6 Å². The molecule has 0 bridgehead atoms. The lowest BCUT2D eigenvalue weighted by Gasteiger charge is -2.32. The Morgan fingerprint density at radius 1 is 1.07 bits per heavy atom. The molecule has 0 radical (unpaired) electrons.